The first-order valence-corrected chi connectivity index (χ1v) is 13.9. The zero-order chi connectivity index (χ0) is 27.7. The first kappa shape index (κ1) is 29.5. The van der Waals surface area contributed by atoms with E-state index >= 15 is 0 Å². The van der Waals surface area contributed by atoms with Crippen molar-refractivity contribution in [1.82, 2.24) is 20.9 Å². The van der Waals surface area contributed by atoms with Crippen molar-refractivity contribution in [1.29, 1.82) is 0 Å². The van der Waals surface area contributed by atoms with Crippen molar-refractivity contribution in [2.45, 2.75) is 101 Å². The smallest absolute Gasteiger partial charge is 0.315 e. The van der Waals surface area contributed by atoms with Crippen LogP contribution in [-0.2, 0) is 19.2 Å². The van der Waals surface area contributed by atoms with Crippen LogP contribution >= 0.6 is 23.2 Å². The van der Waals surface area contributed by atoms with E-state index in [1.807, 2.05) is 20.8 Å². The summed E-state index contributed by atoms with van der Waals surface area (Å²) in [5.74, 6) is -3.95. The van der Waals surface area contributed by atoms with Gasteiger partial charge in [-0.05, 0) is 46.0 Å². The summed E-state index contributed by atoms with van der Waals surface area (Å²) in [6, 6.07) is -3.42. The van der Waals surface area contributed by atoms with Gasteiger partial charge in [0.05, 0.1) is 6.04 Å². The average Bonchev–Trinajstić information content (AvgIpc) is 3.14. The molecule has 3 aliphatic rings. The lowest BCUT2D eigenvalue weighted by atomic mass is 9.83. The van der Waals surface area contributed by atoms with Crippen molar-refractivity contribution in [3.8, 4) is 0 Å². The summed E-state index contributed by atoms with van der Waals surface area (Å²) < 4.78 is -1.18. The van der Waals surface area contributed by atoms with Crippen LogP contribution in [0.25, 0.3) is 0 Å². The van der Waals surface area contributed by atoms with Gasteiger partial charge in [-0.25, -0.2) is 4.79 Å². The maximum Gasteiger partial charge on any atom is 0.315 e. The summed E-state index contributed by atoms with van der Waals surface area (Å²) >= 11 is 12.9. The van der Waals surface area contributed by atoms with Crippen LogP contribution in [0.2, 0.25) is 0 Å². The number of carbonyl (C=O) groups excluding carboxylic acids is 5. The number of hydrogen-bond acceptors (Lipinski definition) is 5. The van der Waals surface area contributed by atoms with Gasteiger partial charge in [-0.1, -0.05) is 32.6 Å². The zero-order valence-electron chi connectivity index (χ0n) is 21.9. The van der Waals surface area contributed by atoms with Crippen LogP contribution < -0.4 is 21.7 Å². The molecule has 0 aromatic rings. The van der Waals surface area contributed by atoms with Crippen LogP contribution in [-0.4, -0.2) is 69.0 Å². The van der Waals surface area contributed by atoms with Crippen molar-refractivity contribution >= 4 is 52.7 Å². The first-order chi connectivity index (χ1) is 17.2. The molecule has 5 atom stereocenters. The molecule has 208 valence electrons. The Morgan fingerprint density at radius 2 is 1.68 bits per heavy atom. The second-order valence-electron chi connectivity index (χ2n) is 11.5. The molecule has 3 fully saturated rings. The van der Waals surface area contributed by atoms with E-state index in [4.69, 9.17) is 28.9 Å². The maximum absolute atomic E-state index is 14.0. The quantitative estimate of drug-likeness (QED) is 0.251. The molecule has 10 nitrogen and oxygen atoms in total. The molecule has 1 aliphatic heterocycles. The molecule has 0 aromatic heterocycles. The molecular weight excluding hydrogens is 521 g/mol. The summed E-state index contributed by atoms with van der Waals surface area (Å²) in [5, 5.41) is 8.32. The predicted octanol–water partition coefficient (Wildman–Crippen LogP) is 2.00. The van der Waals surface area contributed by atoms with Gasteiger partial charge in [0.25, 0.3) is 5.91 Å². The number of likely N-dealkylation sites (tertiary alicyclic amines) is 1. The van der Waals surface area contributed by atoms with Gasteiger partial charge in [0.1, 0.15) is 16.4 Å². The van der Waals surface area contributed by atoms with Crippen molar-refractivity contribution in [3.63, 3.8) is 0 Å². The molecule has 0 bridgehead atoms. The van der Waals surface area contributed by atoms with E-state index < -0.39 is 57.5 Å². The Morgan fingerprint density at radius 1 is 1.05 bits per heavy atom. The van der Waals surface area contributed by atoms with E-state index in [0.717, 1.165) is 32.1 Å². The number of urea groups is 1. The van der Waals surface area contributed by atoms with Gasteiger partial charge in [-0.3, -0.25) is 19.2 Å². The lowest BCUT2D eigenvalue weighted by molar-refractivity contribution is -0.144. The third kappa shape index (κ3) is 6.69. The molecule has 3 rings (SSSR count). The largest absolute Gasteiger partial charge is 0.363 e. The Morgan fingerprint density at radius 3 is 2.22 bits per heavy atom. The second kappa shape index (κ2) is 11.4. The number of primary amides is 1. The molecule has 1 saturated heterocycles. The van der Waals surface area contributed by atoms with Crippen LogP contribution in [0, 0.1) is 17.8 Å². The second-order valence-corrected chi connectivity index (χ2v) is 13.0. The van der Waals surface area contributed by atoms with Crippen molar-refractivity contribution in [2.24, 2.45) is 23.5 Å². The van der Waals surface area contributed by atoms with Crippen LogP contribution in [0.5, 0.6) is 0 Å². The highest BCUT2D eigenvalue weighted by molar-refractivity contribution is 6.51. The summed E-state index contributed by atoms with van der Waals surface area (Å²) in [4.78, 5) is 65.5. The van der Waals surface area contributed by atoms with E-state index in [0.29, 0.717) is 6.42 Å². The van der Waals surface area contributed by atoms with Gasteiger partial charge in [0.15, 0.2) is 0 Å². The third-order valence-electron chi connectivity index (χ3n) is 7.50. The molecule has 2 aliphatic carbocycles. The number of nitrogens with zero attached hydrogens (tertiary/aromatic N) is 1. The number of piperidine rings is 1. The molecule has 0 aromatic carbocycles. The predicted molar refractivity (Wildman–Crippen MR) is 140 cm³/mol. The lowest BCUT2D eigenvalue weighted by Crippen LogP contribution is -2.61. The summed E-state index contributed by atoms with van der Waals surface area (Å²) in [6.45, 7) is 7.50. The fourth-order valence-corrected chi connectivity index (χ4v) is 6.49. The highest BCUT2D eigenvalue weighted by atomic mass is 35.5. The van der Waals surface area contributed by atoms with Gasteiger partial charge >= 0.3 is 6.03 Å². The molecule has 0 radical (unpaired) electrons. The number of carbonyl (C=O) groups is 5. The number of Topliss-reactive ketones (excluding diaryl/α,β-unsaturated/α-hetero) is 1. The Hall–Kier alpha value is -2.07. The third-order valence-corrected chi connectivity index (χ3v) is 8.56. The van der Waals surface area contributed by atoms with Crippen molar-refractivity contribution in [3.05, 3.63) is 0 Å². The highest BCUT2D eigenvalue weighted by Gasteiger charge is 2.74. The van der Waals surface area contributed by atoms with Gasteiger partial charge in [0, 0.05) is 23.9 Å². The van der Waals surface area contributed by atoms with Gasteiger partial charge in [-0.15, -0.1) is 23.2 Å². The molecule has 37 heavy (non-hydrogen) atoms. The Bertz CT molecular complexity index is 931. The minimum absolute atomic E-state index is 0.0753. The van der Waals surface area contributed by atoms with Crippen LogP contribution in [0.3, 0.4) is 0 Å². The number of nitrogens with one attached hydrogen (secondary N) is 3. The SMILES string of the molecule is CCCC(NC(=O)[C@@H]1[C@H]2[C@@H](CN1C(=O)C(NC(=O)NC(C)(C)C)C1CCCCC1)C2(Cl)Cl)C(=O)C(N)=O. The first-order valence-electron chi connectivity index (χ1n) is 13.1. The number of nitrogens with two attached hydrogens (primary N) is 1. The molecular formula is C25H39Cl2N5O5. The minimum Gasteiger partial charge on any atom is -0.363 e. The number of fused-ring (bicyclic) bond motifs is 1. The maximum atomic E-state index is 14.0. The van der Waals surface area contributed by atoms with E-state index in [9.17, 15) is 24.0 Å². The molecule has 5 N–H and O–H groups in total. The fraction of sp³-hybridized carbons (Fsp3) is 0.800. The van der Waals surface area contributed by atoms with E-state index in [2.05, 4.69) is 16.0 Å². The van der Waals surface area contributed by atoms with Crippen LogP contribution in [0.1, 0.15) is 72.6 Å². The van der Waals surface area contributed by atoms with E-state index in [1.165, 1.54) is 4.90 Å². The minimum atomic E-state index is -1.18. The van der Waals surface area contributed by atoms with E-state index in [-0.39, 0.29) is 30.7 Å². The number of ketones is 1. The molecule has 0 spiro atoms. The Kier molecular flexibility index (Phi) is 9.05. The normalized spacial score (nSPS) is 26.4. The summed E-state index contributed by atoms with van der Waals surface area (Å²) in [5.41, 5.74) is 4.67. The summed E-state index contributed by atoms with van der Waals surface area (Å²) in [7, 11) is 0. The fourth-order valence-electron chi connectivity index (χ4n) is 5.66. The number of rotatable bonds is 9. The highest BCUT2D eigenvalue weighted by Crippen LogP contribution is 2.65. The molecule has 12 heteroatoms. The summed E-state index contributed by atoms with van der Waals surface area (Å²) in [6.07, 6.45) is 5.27. The standard InChI is InChI=1S/C25H39Cl2N5O5/c1-5-9-15(19(33)20(28)34)29-21(35)18-16-14(25(16,26)27)12-32(18)22(36)17(13-10-7-6-8-11-13)30-23(37)31-24(2,3)4/h13-18H,5-12H2,1-4H3,(H2,28,34)(H,29,35)(H2,30,31,37)/t14-,15?,16-,17?,18+/m1/s1. The van der Waals surface area contributed by atoms with Gasteiger partial charge in [0.2, 0.25) is 17.6 Å². The molecule has 2 unspecified atom stereocenters. The van der Waals surface area contributed by atoms with E-state index in [1.54, 1.807) is 6.92 Å². The monoisotopic (exact) mass is 559 g/mol. The van der Waals surface area contributed by atoms with Crippen LogP contribution in [0.15, 0.2) is 0 Å². The van der Waals surface area contributed by atoms with Crippen molar-refractivity contribution in [2.75, 3.05) is 6.54 Å². The topological polar surface area (TPSA) is 151 Å². The number of alkyl halides is 2. The molecule has 2 saturated carbocycles. The molecule has 5 amide bonds. The van der Waals surface area contributed by atoms with Crippen molar-refractivity contribution < 1.29 is 24.0 Å². The number of hydrogen-bond donors (Lipinski definition) is 4. The van der Waals surface area contributed by atoms with Gasteiger partial charge < -0.3 is 26.6 Å². The van der Waals surface area contributed by atoms with Crippen LogP contribution in [0.4, 0.5) is 4.79 Å². The molecule has 1 heterocycles. The number of amides is 5. The number of halogens is 2. The average molecular weight is 561 g/mol. The Labute approximate surface area is 228 Å². The lowest BCUT2D eigenvalue weighted by Gasteiger charge is -2.37. The zero-order valence-corrected chi connectivity index (χ0v) is 23.5. The Balaban J connectivity index is 1.85. The van der Waals surface area contributed by atoms with Gasteiger partial charge in [-0.2, -0.15) is 0 Å².